The molecule has 156 valence electrons. The number of nitrogens with one attached hydrogen (secondary N) is 3. The first-order valence-corrected chi connectivity index (χ1v) is 10.0. The quantitative estimate of drug-likeness (QED) is 0.645. The summed E-state index contributed by atoms with van der Waals surface area (Å²) in [5.74, 6) is -0.170. The highest BCUT2D eigenvalue weighted by Gasteiger charge is 2.31. The second kappa shape index (κ2) is 9.52. The number of carbonyl (C=O) groups excluding carboxylic acids is 1. The number of rotatable bonds is 6. The molecule has 1 amide bonds. The second-order valence-corrected chi connectivity index (χ2v) is 7.78. The van der Waals surface area contributed by atoms with Crippen molar-refractivity contribution >= 4 is 23.2 Å². The number of anilines is 1. The fourth-order valence-electron chi connectivity index (χ4n) is 3.71. The van der Waals surface area contributed by atoms with Gasteiger partial charge in [0.25, 0.3) is 5.91 Å². The van der Waals surface area contributed by atoms with Gasteiger partial charge in [-0.05, 0) is 43.3 Å². The van der Waals surface area contributed by atoms with Gasteiger partial charge in [-0.2, -0.15) is 0 Å². The van der Waals surface area contributed by atoms with E-state index in [1.807, 2.05) is 6.92 Å². The fraction of sp³-hybridized carbons (Fsp3) is 0.381. The lowest BCUT2D eigenvalue weighted by Gasteiger charge is -2.32. The first-order chi connectivity index (χ1) is 13.9. The normalized spacial score (nSPS) is 20.2. The van der Waals surface area contributed by atoms with Crippen LogP contribution in [-0.4, -0.2) is 45.2 Å². The highest BCUT2D eigenvalue weighted by atomic mass is 35.5. The molecular formula is C21H26ClF2N3O2+2. The van der Waals surface area contributed by atoms with Crippen molar-refractivity contribution in [1.82, 2.24) is 0 Å². The van der Waals surface area contributed by atoms with Gasteiger partial charge >= 0.3 is 0 Å². The van der Waals surface area contributed by atoms with E-state index in [0.717, 1.165) is 31.7 Å². The summed E-state index contributed by atoms with van der Waals surface area (Å²) >= 11 is 5.99. The number of halogens is 3. The van der Waals surface area contributed by atoms with Crippen molar-refractivity contribution in [3.63, 3.8) is 0 Å². The lowest BCUT2D eigenvalue weighted by molar-refractivity contribution is -1.02. The van der Waals surface area contributed by atoms with Gasteiger partial charge in [0.05, 0.1) is 23.4 Å². The summed E-state index contributed by atoms with van der Waals surface area (Å²) in [6.45, 7) is 5.92. The summed E-state index contributed by atoms with van der Waals surface area (Å²) in [6.07, 6.45) is 0. The van der Waals surface area contributed by atoms with Crippen LogP contribution in [0.1, 0.15) is 12.5 Å². The fourth-order valence-corrected chi connectivity index (χ4v) is 3.92. The summed E-state index contributed by atoms with van der Waals surface area (Å²) in [6, 6.07) is 8.21. The molecule has 0 radical (unpaired) electrons. The minimum atomic E-state index is -0.444. The van der Waals surface area contributed by atoms with Crippen LogP contribution in [0.4, 0.5) is 14.5 Å². The molecule has 0 aromatic heterocycles. The number of amides is 1. The van der Waals surface area contributed by atoms with Crippen molar-refractivity contribution < 1.29 is 28.1 Å². The van der Waals surface area contributed by atoms with E-state index in [9.17, 15) is 13.6 Å². The third-order valence-electron chi connectivity index (χ3n) is 5.48. The summed E-state index contributed by atoms with van der Waals surface area (Å²) in [7, 11) is 1.59. The van der Waals surface area contributed by atoms with Gasteiger partial charge in [0.1, 0.15) is 50.1 Å². The summed E-state index contributed by atoms with van der Waals surface area (Å²) in [4.78, 5) is 15.1. The van der Waals surface area contributed by atoms with E-state index in [0.29, 0.717) is 18.0 Å². The average molecular weight is 426 g/mol. The third-order valence-corrected chi connectivity index (χ3v) is 5.79. The van der Waals surface area contributed by atoms with E-state index in [4.69, 9.17) is 16.3 Å². The number of ether oxygens (including phenoxy) is 1. The van der Waals surface area contributed by atoms with Crippen LogP contribution in [0.25, 0.3) is 0 Å². The Kier molecular flexibility index (Phi) is 7.05. The molecule has 1 saturated heterocycles. The zero-order chi connectivity index (χ0) is 21.0. The van der Waals surface area contributed by atoms with Crippen LogP contribution in [-0.2, 0) is 11.3 Å². The average Bonchev–Trinajstić information content (AvgIpc) is 2.70. The van der Waals surface area contributed by atoms with E-state index in [1.54, 1.807) is 13.2 Å². The molecule has 1 aliphatic rings. The number of hydrogen-bond acceptors (Lipinski definition) is 2. The lowest BCUT2D eigenvalue weighted by Crippen LogP contribution is -3.29. The molecule has 1 aliphatic heterocycles. The van der Waals surface area contributed by atoms with Gasteiger partial charge in [-0.15, -0.1) is 0 Å². The van der Waals surface area contributed by atoms with Crippen LogP contribution in [0.2, 0.25) is 5.02 Å². The topological polar surface area (TPSA) is 47.2 Å². The van der Waals surface area contributed by atoms with E-state index in [1.165, 1.54) is 40.1 Å². The van der Waals surface area contributed by atoms with E-state index in [-0.39, 0.29) is 22.8 Å². The van der Waals surface area contributed by atoms with Crippen LogP contribution < -0.4 is 19.9 Å². The van der Waals surface area contributed by atoms with Gasteiger partial charge in [0.15, 0.2) is 6.04 Å². The van der Waals surface area contributed by atoms with Gasteiger partial charge in [-0.3, -0.25) is 4.79 Å². The number of benzene rings is 2. The maximum absolute atomic E-state index is 13.6. The monoisotopic (exact) mass is 425 g/mol. The Balaban J connectivity index is 1.54. The molecule has 0 saturated carbocycles. The number of piperazine rings is 1. The van der Waals surface area contributed by atoms with Crippen LogP contribution >= 0.6 is 11.6 Å². The molecule has 2 aromatic rings. The summed E-state index contributed by atoms with van der Waals surface area (Å²) in [5.41, 5.74) is 1.26. The van der Waals surface area contributed by atoms with Crippen LogP contribution in [0.3, 0.4) is 0 Å². The third kappa shape index (κ3) is 5.44. The Bertz CT molecular complexity index is 873. The van der Waals surface area contributed by atoms with Crippen LogP contribution in [0, 0.1) is 11.6 Å². The van der Waals surface area contributed by atoms with Crippen molar-refractivity contribution in [3.05, 3.63) is 58.6 Å². The summed E-state index contributed by atoms with van der Waals surface area (Å²) in [5, 5.41) is 2.96. The molecule has 2 aromatic carbocycles. The molecule has 0 bridgehead atoms. The number of quaternary nitrogens is 2. The number of hydrogen-bond donors (Lipinski definition) is 3. The molecule has 29 heavy (non-hydrogen) atoms. The molecular weight excluding hydrogens is 400 g/mol. The maximum Gasteiger partial charge on any atom is 0.282 e. The smallest absolute Gasteiger partial charge is 0.282 e. The minimum absolute atomic E-state index is 0.149. The van der Waals surface area contributed by atoms with Crippen molar-refractivity contribution in [2.24, 2.45) is 0 Å². The molecule has 1 heterocycles. The molecule has 0 spiro atoms. The van der Waals surface area contributed by atoms with Gasteiger partial charge in [-0.25, -0.2) is 8.78 Å². The van der Waals surface area contributed by atoms with Crippen LogP contribution in [0.15, 0.2) is 36.4 Å². The zero-order valence-corrected chi connectivity index (χ0v) is 17.3. The zero-order valence-electron chi connectivity index (χ0n) is 16.5. The van der Waals surface area contributed by atoms with Crippen LogP contribution in [0.5, 0.6) is 5.75 Å². The Morgan fingerprint density at radius 3 is 2.45 bits per heavy atom. The summed E-state index contributed by atoms with van der Waals surface area (Å²) < 4.78 is 32.1. The van der Waals surface area contributed by atoms with Gasteiger partial charge in [0, 0.05) is 0 Å². The highest BCUT2D eigenvalue weighted by molar-refractivity contribution is 6.33. The van der Waals surface area contributed by atoms with Gasteiger partial charge < -0.3 is 19.9 Å². The van der Waals surface area contributed by atoms with E-state index in [2.05, 4.69) is 5.32 Å². The lowest BCUT2D eigenvalue weighted by atomic mass is 10.1. The molecule has 5 nitrogen and oxygen atoms in total. The predicted molar refractivity (Wildman–Crippen MR) is 108 cm³/mol. The Morgan fingerprint density at radius 1 is 1.14 bits per heavy atom. The van der Waals surface area contributed by atoms with Crippen molar-refractivity contribution in [2.75, 3.05) is 38.6 Å². The van der Waals surface area contributed by atoms with E-state index < -0.39 is 5.82 Å². The molecule has 8 heteroatoms. The molecule has 3 N–H and O–H groups in total. The molecule has 3 rings (SSSR count). The molecule has 1 fully saturated rings. The predicted octanol–water partition coefficient (Wildman–Crippen LogP) is 0.937. The first kappa shape index (κ1) is 21.5. The number of methoxy groups -OCH3 is 1. The standard InChI is InChI=1S/C21H24ClF2N3O2/c1-14(21(28)25-19-5-3-17(24)12-18(19)22)27-9-7-26(8-10-27)13-15-11-16(23)4-6-20(15)29-2/h3-6,11-12,14H,7-10,13H2,1-2H3,(H,25,28)/p+2/t14-/m1/s1. The Labute approximate surface area is 174 Å². The Morgan fingerprint density at radius 2 is 1.79 bits per heavy atom. The minimum Gasteiger partial charge on any atom is -0.496 e. The first-order valence-electron chi connectivity index (χ1n) is 9.64. The van der Waals surface area contributed by atoms with E-state index >= 15 is 0 Å². The molecule has 1 atom stereocenters. The maximum atomic E-state index is 13.6. The largest absolute Gasteiger partial charge is 0.496 e. The molecule has 0 aliphatic carbocycles. The van der Waals surface area contributed by atoms with Crippen molar-refractivity contribution in [3.8, 4) is 5.75 Å². The molecule has 0 unspecified atom stereocenters. The SMILES string of the molecule is COc1ccc(F)cc1C[NH+]1CC[NH+]([C@H](C)C(=O)Nc2ccc(F)cc2Cl)CC1. The highest BCUT2D eigenvalue weighted by Crippen LogP contribution is 2.22. The Hall–Kier alpha value is -2.22. The van der Waals surface area contributed by atoms with Gasteiger partial charge in [-0.1, -0.05) is 11.6 Å². The number of carbonyl (C=O) groups is 1. The van der Waals surface area contributed by atoms with Crippen molar-refractivity contribution in [1.29, 1.82) is 0 Å². The van der Waals surface area contributed by atoms with Gasteiger partial charge in [0.2, 0.25) is 0 Å². The van der Waals surface area contributed by atoms with Crippen molar-refractivity contribution in [2.45, 2.75) is 19.5 Å². The second-order valence-electron chi connectivity index (χ2n) is 7.38.